The van der Waals surface area contributed by atoms with Crippen molar-refractivity contribution in [2.75, 3.05) is 46.4 Å². The molecule has 2 aromatic rings. The van der Waals surface area contributed by atoms with Gasteiger partial charge in [0.2, 0.25) is 0 Å². The van der Waals surface area contributed by atoms with E-state index in [1.807, 2.05) is 40.1 Å². The van der Waals surface area contributed by atoms with Crippen LogP contribution >= 0.6 is 11.6 Å². The van der Waals surface area contributed by atoms with Crippen LogP contribution in [0.2, 0.25) is 5.02 Å². The van der Waals surface area contributed by atoms with Gasteiger partial charge in [0, 0.05) is 56.4 Å². The first kappa shape index (κ1) is 19.7. The Morgan fingerprint density at radius 1 is 0.897 bits per heavy atom. The fraction of sp³-hybridized carbons (Fsp3) is 0.364. The molecule has 2 fully saturated rings. The van der Waals surface area contributed by atoms with Gasteiger partial charge in [-0.1, -0.05) is 29.8 Å². The van der Waals surface area contributed by atoms with Gasteiger partial charge in [-0.3, -0.25) is 14.5 Å². The number of hydrogen-bond donors (Lipinski definition) is 0. The van der Waals surface area contributed by atoms with Gasteiger partial charge in [-0.2, -0.15) is 0 Å². The highest BCUT2D eigenvalue weighted by Gasteiger charge is 2.37. The summed E-state index contributed by atoms with van der Waals surface area (Å²) in [6.07, 6.45) is 0. The summed E-state index contributed by atoms with van der Waals surface area (Å²) < 4.78 is 5.14. The van der Waals surface area contributed by atoms with E-state index in [-0.39, 0.29) is 11.8 Å². The lowest BCUT2D eigenvalue weighted by Crippen LogP contribution is -2.64. The van der Waals surface area contributed by atoms with Crippen LogP contribution in [0, 0.1) is 0 Å². The Bertz CT molecular complexity index is 891. The van der Waals surface area contributed by atoms with Gasteiger partial charge < -0.3 is 14.5 Å². The zero-order valence-electron chi connectivity index (χ0n) is 16.4. The van der Waals surface area contributed by atoms with Gasteiger partial charge in [-0.15, -0.1) is 0 Å². The number of rotatable bonds is 4. The number of likely N-dealkylation sites (tertiary alicyclic amines) is 1. The molecule has 0 spiro atoms. The molecule has 6 nitrogen and oxygen atoms in total. The van der Waals surface area contributed by atoms with Gasteiger partial charge in [0.05, 0.1) is 12.1 Å². The molecule has 0 bridgehead atoms. The summed E-state index contributed by atoms with van der Waals surface area (Å²) in [5, 5.41) is 0.439. The normalized spacial score (nSPS) is 17.7. The predicted octanol–water partition coefficient (Wildman–Crippen LogP) is 2.63. The van der Waals surface area contributed by atoms with Crippen molar-refractivity contribution in [1.29, 1.82) is 0 Å². The van der Waals surface area contributed by atoms with Crippen LogP contribution in [0.1, 0.15) is 20.7 Å². The van der Waals surface area contributed by atoms with Crippen LogP contribution in [0.4, 0.5) is 0 Å². The molecule has 7 heteroatoms. The van der Waals surface area contributed by atoms with Gasteiger partial charge >= 0.3 is 0 Å². The summed E-state index contributed by atoms with van der Waals surface area (Å²) in [6.45, 7) is 4.50. The van der Waals surface area contributed by atoms with Crippen molar-refractivity contribution in [3.63, 3.8) is 0 Å². The molecule has 0 radical (unpaired) electrons. The predicted molar refractivity (Wildman–Crippen MR) is 112 cm³/mol. The number of piperazine rings is 1. The molecule has 0 unspecified atom stereocenters. The number of carbonyl (C=O) groups excluding carboxylic acids is 2. The van der Waals surface area contributed by atoms with Crippen molar-refractivity contribution >= 4 is 23.4 Å². The Kier molecular flexibility index (Phi) is 5.74. The van der Waals surface area contributed by atoms with Crippen molar-refractivity contribution in [3.8, 4) is 5.75 Å². The molecule has 152 valence electrons. The third kappa shape index (κ3) is 4.09. The Balaban J connectivity index is 1.27. The largest absolute Gasteiger partial charge is 0.495 e. The first-order valence-corrected chi connectivity index (χ1v) is 10.2. The maximum atomic E-state index is 12.7. The molecule has 2 aliphatic heterocycles. The number of halogens is 1. The van der Waals surface area contributed by atoms with E-state index in [2.05, 4.69) is 4.90 Å². The van der Waals surface area contributed by atoms with Gasteiger partial charge in [0.1, 0.15) is 5.75 Å². The van der Waals surface area contributed by atoms with Gasteiger partial charge in [0.15, 0.2) is 0 Å². The third-order valence-corrected chi connectivity index (χ3v) is 5.98. The highest BCUT2D eigenvalue weighted by molar-refractivity contribution is 6.32. The first-order valence-electron chi connectivity index (χ1n) is 9.78. The summed E-state index contributed by atoms with van der Waals surface area (Å²) >= 11 is 6.14. The zero-order chi connectivity index (χ0) is 20.4. The summed E-state index contributed by atoms with van der Waals surface area (Å²) in [7, 11) is 1.55. The van der Waals surface area contributed by atoms with Crippen LogP contribution in [-0.2, 0) is 0 Å². The topological polar surface area (TPSA) is 53.1 Å². The van der Waals surface area contributed by atoms with E-state index in [9.17, 15) is 9.59 Å². The quantitative estimate of drug-likeness (QED) is 0.773. The smallest absolute Gasteiger partial charge is 0.254 e. The summed E-state index contributed by atoms with van der Waals surface area (Å²) in [5.74, 6) is 0.642. The van der Waals surface area contributed by atoms with Crippen LogP contribution in [0.25, 0.3) is 0 Å². The summed E-state index contributed by atoms with van der Waals surface area (Å²) in [5.41, 5.74) is 1.31. The van der Waals surface area contributed by atoms with E-state index in [0.29, 0.717) is 48.6 Å². The monoisotopic (exact) mass is 413 g/mol. The molecule has 4 rings (SSSR count). The molecule has 29 heavy (non-hydrogen) atoms. The molecule has 2 saturated heterocycles. The van der Waals surface area contributed by atoms with E-state index >= 15 is 0 Å². The van der Waals surface area contributed by atoms with Crippen LogP contribution in [-0.4, -0.2) is 78.9 Å². The molecular weight excluding hydrogens is 390 g/mol. The third-order valence-electron chi connectivity index (χ3n) is 5.69. The van der Waals surface area contributed by atoms with Crippen LogP contribution in [0.15, 0.2) is 48.5 Å². The van der Waals surface area contributed by atoms with E-state index in [0.717, 1.165) is 18.7 Å². The van der Waals surface area contributed by atoms with E-state index in [4.69, 9.17) is 16.3 Å². The van der Waals surface area contributed by atoms with Crippen molar-refractivity contribution < 1.29 is 14.3 Å². The van der Waals surface area contributed by atoms with E-state index in [1.54, 1.807) is 25.3 Å². The van der Waals surface area contributed by atoms with E-state index in [1.165, 1.54) is 0 Å². The van der Waals surface area contributed by atoms with Crippen molar-refractivity contribution in [1.82, 2.24) is 14.7 Å². The molecule has 0 saturated carbocycles. The van der Waals surface area contributed by atoms with Crippen molar-refractivity contribution in [2.24, 2.45) is 0 Å². The average Bonchev–Trinajstić information content (AvgIpc) is 2.73. The van der Waals surface area contributed by atoms with Crippen LogP contribution in [0.3, 0.4) is 0 Å². The van der Waals surface area contributed by atoms with Gasteiger partial charge in [0.25, 0.3) is 11.8 Å². The minimum Gasteiger partial charge on any atom is -0.495 e. The average molecular weight is 414 g/mol. The lowest BCUT2D eigenvalue weighted by Gasteiger charge is -2.48. The molecule has 0 aromatic heterocycles. The highest BCUT2D eigenvalue weighted by atomic mass is 35.5. The molecule has 2 aromatic carbocycles. The first-order chi connectivity index (χ1) is 14.1. The summed E-state index contributed by atoms with van der Waals surface area (Å²) in [6, 6.07) is 14.9. The molecule has 2 heterocycles. The second kappa shape index (κ2) is 8.43. The fourth-order valence-electron chi connectivity index (χ4n) is 3.89. The van der Waals surface area contributed by atoms with Crippen molar-refractivity contribution in [2.45, 2.75) is 6.04 Å². The maximum absolute atomic E-state index is 12.7. The standard InChI is InChI=1S/C22H24ClN3O3/c1-29-20-8-7-17(13-19(20)23)22(28)26-14-18(15-26)24-9-11-25(12-10-24)21(27)16-5-3-2-4-6-16/h2-8,13,18H,9-12,14-15H2,1H3. The zero-order valence-corrected chi connectivity index (χ0v) is 17.1. The SMILES string of the molecule is COc1ccc(C(=O)N2CC(N3CCN(C(=O)c4ccccc4)CC3)C2)cc1Cl. The number of benzene rings is 2. The Morgan fingerprint density at radius 2 is 1.55 bits per heavy atom. The second-order valence-corrected chi connectivity index (χ2v) is 7.81. The second-order valence-electron chi connectivity index (χ2n) is 7.41. The Labute approximate surface area is 175 Å². The Hall–Kier alpha value is -2.57. The maximum Gasteiger partial charge on any atom is 0.254 e. The van der Waals surface area contributed by atoms with Gasteiger partial charge in [-0.25, -0.2) is 0 Å². The highest BCUT2D eigenvalue weighted by Crippen LogP contribution is 2.27. The van der Waals surface area contributed by atoms with E-state index < -0.39 is 0 Å². The molecule has 0 N–H and O–H groups in total. The molecule has 2 amide bonds. The minimum absolute atomic E-state index is 0.0105. The molecule has 2 aliphatic rings. The number of carbonyl (C=O) groups is 2. The molecule has 0 aliphatic carbocycles. The van der Waals surface area contributed by atoms with Crippen LogP contribution in [0.5, 0.6) is 5.75 Å². The minimum atomic E-state index is -0.0105. The van der Waals surface area contributed by atoms with Crippen molar-refractivity contribution in [3.05, 3.63) is 64.7 Å². The Morgan fingerprint density at radius 3 is 2.17 bits per heavy atom. The fourth-order valence-corrected chi connectivity index (χ4v) is 4.15. The number of nitrogens with zero attached hydrogens (tertiary/aromatic N) is 3. The molecule has 0 atom stereocenters. The lowest BCUT2D eigenvalue weighted by molar-refractivity contribution is 0.00854. The molecular formula is C22H24ClN3O3. The number of hydrogen-bond acceptors (Lipinski definition) is 4. The lowest BCUT2D eigenvalue weighted by atomic mass is 10.0. The number of amides is 2. The summed E-state index contributed by atoms with van der Waals surface area (Å²) in [4.78, 5) is 31.3. The number of ether oxygens (including phenoxy) is 1. The van der Waals surface area contributed by atoms with Crippen LogP contribution < -0.4 is 4.74 Å². The van der Waals surface area contributed by atoms with Gasteiger partial charge in [-0.05, 0) is 30.3 Å². The number of methoxy groups -OCH3 is 1.